The standard InChI is InChI=1S/C19H29NO/c1-2-15-6-8-16(9-7-15)18(20)17-10-13-21-19(14-17)11-4-3-5-12-19/h6-9,17-18H,2-5,10-14,20H2,1H3. The van der Waals surface area contributed by atoms with Gasteiger partial charge in [-0.3, -0.25) is 0 Å². The molecule has 2 aliphatic rings. The summed E-state index contributed by atoms with van der Waals surface area (Å²) in [6, 6.07) is 9.08. The zero-order valence-electron chi connectivity index (χ0n) is 13.3. The van der Waals surface area contributed by atoms with Crippen LogP contribution in [0.4, 0.5) is 0 Å². The van der Waals surface area contributed by atoms with Gasteiger partial charge in [-0.15, -0.1) is 0 Å². The molecule has 1 saturated heterocycles. The fourth-order valence-electron chi connectivity index (χ4n) is 4.16. The van der Waals surface area contributed by atoms with E-state index in [4.69, 9.17) is 10.5 Å². The van der Waals surface area contributed by atoms with Crippen molar-refractivity contribution in [2.45, 2.75) is 69.9 Å². The summed E-state index contributed by atoms with van der Waals surface area (Å²) in [5.74, 6) is 0.573. The molecule has 2 nitrogen and oxygen atoms in total. The van der Waals surface area contributed by atoms with Gasteiger partial charge in [0, 0.05) is 12.6 Å². The molecule has 3 rings (SSSR count). The molecule has 2 atom stereocenters. The first kappa shape index (κ1) is 15.1. The lowest BCUT2D eigenvalue weighted by Crippen LogP contribution is -2.44. The molecular formula is C19H29NO. The monoisotopic (exact) mass is 287 g/mol. The van der Waals surface area contributed by atoms with Crippen molar-refractivity contribution in [1.29, 1.82) is 0 Å². The molecule has 116 valence electrons. The molecule has 1 aromatic rings. The summed E-state index contributed by atoms with van der Waals surface area (Å²) in [5, 5.41) is 0. The lowest BCUT2D eigenvalue weighted by Gasteiger charge is -2.45. The van der Waals surface area contributed by atoms with Crippen molar-refractivity contribution in [3.8, 4) is 0 Å². The topological polar surface area (TPSA) is 35.2 Å². The van der Waals surface area contributed by atoms with Gasteiger partial charge in [-0.25, -0.2) is 0 Å². The normalized spacial score (nSPS) is 26.7. The van der Waals surface area contributed by atoms with E-state index in [-0.39, 0.29) is 11.6 Å². The Balaban J connectivity index is 1.69. The van der Waals surface area contributed by atoms with Crippen LogP contribution in [0, 0.1) is 5.92 Å². The maximum absolute atomic E-state index is 6.60. The van der Waals surface area contributed by atoms with Gasteiger partial charge >= 0.3 is 0 Å². The third-order valence-electron chi connectivity index (χ3n) is 5.58. The second-order valence-corrected chi connectivity index (χ2v) is 6.97. The highest BCUT2D eigenvalue weighted by Gasteiger charge is 2.40. The molecule has 2 heteroatoms. The van der Waals surface area contributed by atoms with Crippen molar-refractivity contribution in [3.63, 3.8) is 0 Å². The third-order valence-corrected chi connectivity index (χ3v) is 5.58. The molecule has 0 aromatic heterocycles. The summed E-state index contributed by atoms with van der Waals surface area (Å²) < 4.78 is 6.20. The molecule has 2 unspecified atom stereocenters. The van der Waals surface area contributed by atoms with Crippen molar-refractivity contribution in [2.75, 3.05) is 6.61 Å². The van der Waals surface area contributed by atoms with Crippen LogP contribution in [0.15, 0.2) is 24.3 Å². The fraction of sp³-hybridized carbons (Fsp3) is 0.684. The van der Waals surface area contributed by atoms with Crippen LogP contribution < -0.4 is 5.73 Å². The van der Waals surface area contributed by atoms with Crippen molar-refractivity contribution in [1.82, 2.24) is 0 Å². The SMILES string of the molecule is CCc1ccc(C(N)C2CCOC3(CCCCC3)C2)cc1. The first-order chi connectivity index (χ1) is 10.2. The molecule has 1 aliphatic carbocycles. The number of hydrogen-bond acceptors (Lipinski definition) is 2. The molecule has 2 fully saturated rings. The van der Waals surface area contributed by atoms with Gasteiger partial charge in [0.15, 0.2) is 0 Å². The fourth-order valence-corrected chi connectivity index (χ4v) is 4.16. The Morgan fingerprint density at radius 1 is 1.19 bits per heavy atom. The van der Waals surface area contributed by atoms with E-state index in [0.29, 0.717) is 5.92 Å². The summed E-state index contributed by atoms with van der Waals surface area (Å²) >= 11 is 0. The van der Waals surface area contributed by atoms with Crippen LogP contribution in [0.1, 0.15) is 69.0 Å². The van der Waals surface area contributed by atoms with Crippen LogP contribution in [0.3, 0.4) is 0 Å². The lowest BCUT2D eigenvalue weighted by molar-refractivity contribution is -0.120. The average Bonchev–Trinajstić information content (AvgIpc) is 2.55. The van der Waals surface area contributed by atoms with E-state index in [1.807, 2.05) is 0 Å². The number of aryl methyl sites for hydroxylation is 1. The molecule has 0 radical (unpaired) electrons. The number of nitrogens with two attached hydrogens (primary N) is 1. The van der Waals surface area contributed by atoms with Crippen molar-refractivity contribution < 1.29 is 4.74 Å². The minimum atomic E-state index is 0.155. The maximum atomic E-state index is 6.60. The minimum absolute atomic E-state index is 0.155. The summed E-state index contributed by atoms with van der Waals surface area (Å²) in [5.41, 5.74) is 9.44. The van der Waals surface area contributed by atoms with Crippen molar-refractivity contribution in [2.24, 2.45) is 11.7 Å². The highest BCUT2D eigenvalue weighted by Crippen LogP contribution is 2.43. The van der Waals surface area contributed by atoms with Gasteiger partial charge in [0.2, 0.25) is 0 Å². The smallest absolute Gasteiger partial charge is 0.0685 e. The van der Waals surface area contributed by atoms with Gasteiger partial charge in [0.25, 0.3) is 0 Å². The molecule has 0 bridgehead atoms. The van der Waals surface area contributed by atoms with E-state index in [0.717, 1.165) is 25.9 Å². The minimum Gasteiger partial charge on any atom is -0.375 e. The molecule has 1 aliphatic heterocycles. The third kappa shape index (κ3) is 3.32. The van der Waals surface area contributed by atoms with Gasteiger partial charge in [0.1, 0.15) is 0 Å². The van der Waals surface area contributed by atoms with E-state index in [1.165, 1.54) is 43.2 Å². The van der Waals surface area contributed by atoms with Crippen LogP contribution in [-0.4, -0.2) is 12.2 Å². The molecule has 1 aromatic carbocycles. The zero-order chi connectivity index (χ0) is 14.7. The van der Waals surface area contributed by atoms with Crippen LogP contribution in [0.25, 0.3) is 0 Å². The van der Waals surface area contributed by atoms with Crippen LogP contribution in [0.2, 0.25) is 0 Å². The lowest BCUT2D eigenvalue weighted by atomic mass is 9.73. The second kappa shape index (κ2) is 6.50. The van der Waals surface area contributed by atoms with E-state index >= 15 is 0 Å². The molecule has 1 saturated carbocycles. The van der Waals surface area contributed by atoms with Gasteiger partial charge < -0.3 is 10.5 Å². The Morgan fingerprint density at radius 2 is 1.90 bits per heavy atom. The van der Waals surface area contributed by atoms with Crippen LogP contribution in [-0.2, 0) is 11.2 Å². The van der Waals surface area contributed by atoms with Crippen molar-refractivity contribution >= 4 is 0 Å². The quantitative estimate of drug-likeness (QED) is 0.895. The van der Waals surface area contributed by atoms with Gasteiger partial charge in [0.05, 0.1) is 5.60 Å². The van der Waals surface area contributed by atoms with E-state index in [2.05, 4.69) is 31.2 Å². The van der Waals surface area contributed by atoms with E-state index in [9.17, 15) is 0 Å². The predicted octanol–water partition coefficient (Wildman–Crippen LogP) is 4.38. The van der Waals surface area contributed by atoms with Gasteiger partial charge in [-0.1, -0.05) is 50.5 Å². The Morgan fingerprint density at radius 3 is 2.57 bits per heavy atom. The molecule has 0 amide bonds. The number of hydrogen-bond donors (Lipinski definition) is 1. The number of ether oxygens (including phenoxy) is 1. The average molecular weight is 287 g/mol. The van der Waals surface area contributed by atoms with Gasteiger partial charge in [-0.05, 0) is 49.1 Å². The summed E-state index contributed by atoms with van der Waals surface area (Å²) in [7, 11) is 0. The molecule has 21 heavy (non-hydrogen) atoms. The Bertz CT molecular complexity index is 442. The predicted molar refractivity (Wildman–Crippen MR) is 87.2 cm³/mol. The summed E-state index contributed by atoms with van der Waals surface area (Å²) in [6.07, 6.45) is 9.87. The molecular weight excluding hydrogens is 258 g/mol. The first-order valence-electron chi connectivity index (χ1n) is 8.71. The Labute approximate surface area is 129 Å². The zero-order valence-corrected chi connectivity index (χ0v) is 13.3. The van der Waals surface area contributed by atoms with Crippen LogP contribution >= 0.6 is 0 Å². The maximum Gasteiger partial charge on any atom is 0.0685 e. The highest BCUT2D eigenvalue weighted by molar-refractivity contribution is 5.25. The van der Waals surface area contributed by atoms with E-state index < -0.39 is 0 Å². The van der Waals surface area contributed by atoms with E-state index in [1.54, 1.807) is 0 Å². The van der Waals surface area contributed by atoms with Crippen molar-refractivity contribution in [3.05, 3.63) is 35.4 Å². The molecule has 1 spiro atoms. The number of benzene rings is 1. The molecule has 1 heterocycles. The summed E-state index contributed by atoms with van der Waals surface area (Å²) in [6.45, 7) is 3.09. The highest BCUT2D eigenvalue weighted by atomic mass is 16.5. The largest absolute Gasteiger partial charge is 0.375 e. The summed E-state index contributed by atoms with van der Waals surface area (Å²) in [4.78, 5) is 0. The Kier molecular flexibility index (Phi) is 4.66. The first-order valence-corrected chi connectivity index (χ1v) is 8.71. The second-order valence-electron chi connectivity index (χ2n) is 6.97. The Hall–Kier alpha value is -0.860. The molecule has 2 N–H and O–H groups in total. The number of rotatable bonds is 3. The van der Waals surface area contributed by atoms with Gasteiger partial charge in [-0.2, -0.15) is 0 Å². The van der Waals surface area contributed by atoms with Crippen LogP contribution in [0.5, 0.6) is 0 Å².